The van der Waals surface area contributed by atoms with Gasteiger partial charge in [-0.05, 0) is 29.9 Å². The van der Waals surface area contributed by atoms with Crippen molar-refractivity contribution in [1.29, 1.82) is 0 Å². The molecule has 1 amide bonds. The van der Waals surface area contributed by atoms with Crippen molar-refractivity contribution in [1.82, 2.24) is 15.1 Å². The van der Waals surface area contributed by atoms with E-state index in [0.717, 1.165) is 9.56 Å². The molecule has 2 rings (SSSR count). The fourth-order valence-corrected chi connectivity index (χ4v) is 3.01. The van der Waals surface area contributed by atoms with Crippen LogP contribution in [0.5, 0.6) is 0 Å². The first kappa shape index (κ1) is 18.9. The molecule has 2 aromatic heterocycles. The molecular weight excluding hydrogens is 342 g/mol. The zero-order valence-corrected chi connectivity index (χ0v) is 15.2. The lowest BCUT2D eigenvalue weighted by Crippen LogP contribution is -2.44. The molecule has 0 saturated heterocycles. The maximum absolute atomic E-state index is 12.3. The Bertz CT molecular complexity index is 783. The van der Waals surface area contributed by atoms with Crippen molar-refractivity contribution in [2.45, 2.75) is 32.9 Å². The zero-order chi connectivity index (χ0) is 18.4. The molecule has 0 fully saturated rings. The van der Waals surface area contributed by atoms with Crippen LogP contribution < -0.4 is 10.9 Å². The molecular formula is C17H21N3O4S. The molecule has 25 heavy (non-hydrogen) atoms. The van der Waals surface area contributed by atoms with E-state index in [1.165, 1.54) is 24.5 Å². The van der Waals surface area contributed by atoms with Gasteiger partial charge in [-0.1, -0.05) is 19.9 Å². The highest BCUT2D eigenvalue weighted by atomic mass is 32.1. The van der Waals surface area contributed by atoms with Crippen molar-refractivity contribution in [2.75, 3.05) is 7.11 Å². The monoisotopic (exact) mass is 363 g/mol. The third-order valence-electron chi connectivity index (χ3n) is 3.46. The molecule has 7 nitrogen and oxygen atoms in total. The summed E-state index contributed by atoms with van der Waals surface area (Å²) in [6.07, 6.45) is 0.454. The molecule has 2 aromatic rings. The van der Waals surface area contributed by atoms with Gasteiger partial charge >= 0.3 is 5.97 Å². The van der Waals surface area contributed by atoms with Crippen LogP contribution in [0.25, 0.3) is 10.6 Å². The lowest BCUT2D eigenvalue weighted by Gasteiger charge is -2.18. The molecule has 0 saturated carbocycles. The molecule has 0 aliphatic rings. The largest absolute Gasteiger partial charge is 0.467 e. The SMILES string of the molecule is COC(=O)C(CC(C)C)NC(=O)Cn1nc(-c2cccs2)ccc1=O. The van der Waals surface area contributed by atoms with Crippen molar-refractivity contribution < 1.29 is 14.3 Å². The quantitative estimate of drug-likeness (QED) is 0.756. The van der Waals surface area contributed by atoms with Crippen LogP contribution in [0.15, 0.2) is 34.4 Å². The molecule has 0 aliphatic heterocycles. The first-order valence-corrected chi connectivity index (χ1v) is 8.78. The number of carbonyl (C=O) groups excluding carboxylic acids is 2. The number of hydrogen-bond donors (Lipinski definition) is 1. The summed E-state index contributed by atoms with van der Waals surface area (Å²) in [5, 5.41) is 8.75. The van der Waals surface area contributed by atoms with Crippen molar-refractivity contribution >= 4 is 23.2 Å². The van der Waals surface area contributed by atoms with Crippen LogP contribution >= 0.6 is 11.3 Å². The van der Waals surface area contributed by atoms with Crippen LogP contribution in [-0.4, -0.2) is 34.8 Å². The van der Waals surface area contributed by atoms with E-state index in [4.69, 9.17) is 4.74 Å². The minimum absolute atomic E-state index is 0.201. The smallest absolute Gasteiger partial charge is 0.328 e. The topological polar surface area (TPSA) is 90.3 Å². The Kier molecular flexibility index (Phi) is 6.46. The number of nitrogens with zero attached hydrogens (tertiary/aromatic N) is 2. The Morgan fingerprint density at radius 1 is 1.32 bits per heavy atom. The highest BCUT2D eigenvalue weighted by Crippen LogP contribution is 2.21. The summed E-state index contributed by atoms with van der Waals surface area (Å²) in [6, 6.07) is 6.03. The average molecular weight is 363 g/mol. The lowest BCUT2D eigenvalue weighted by atomic mass is 10.0. The first-order valence-electron chi connectivity index (χ1n) is 7.90. The van der Waals surface area contributed by atoms with Crippen molar-refractivity contribution in [3.8, 4) is 10.6 Å². The molecule has 0 spiro atoms. The third kappa shape index (κ3) is 5.25. The van der Waals surface area contributed by atoms with Gasteiger partial charge in [-0.2, -0.15) is 5.10 Å². The Hall–Kier alpha value is -2.48. The molecule has 0 bridgehead atoms. The molecule has 0 radical (unpaired) electrons. The zero-order valence-electron chi connectivity index (χ0n) is 14.4. The number of hydrogen-bond acceptors (Lipinski definition) is 6. The van der Waals surface area contributed by atoms with Gasteiger partial charge in [0, 0.05) is 6.07 Å². The second-order valence-corrected chi connectivity index (χ2v) is 6.91. The van der Waals surface area contributed by atoms with Crippen LogP contribution in [0.4, 0.5) is 0 Å². The predicted molar refractivity (Wildman–Crippen MR) is 95.2 cm³/mol. The number of ether oxygens (including phenoxy) is 1. The van der Waals surface area contributed by atoms with Gasteiger partial charge in [0.2, 0.25) is 5.91 Å². The van der Waals surface area contributed by atoms with Crippen molar-refractivity contribution in [2.24, 2.45) is 5.92 Å². The number of amides is 1. The van der Waals surface area contributed by atoms with Gasteiger partial charge in [0.1, 0.15) is 18.3 Å². The Morgan fingerprint density at radius 3 is 2.68 bits per heavy atom. The van der Waals surface area contributed by atoms with Gasteiger partial charge in [0.25, 0.3) is 5.56 Å². The number of thiophene rings is 1. The molecule has 0 aromatic carbocycles. The van der Waals surface area contributed by atoms with Gasteiger partial charge in [0.15, 0.2) is 0 Å². The van der Waals surface area contributed by atoms with E-state index < -0.39 is 17.9 Å². The van der Waals surface area contributed by atoms with Crippen molar-refractivity contribution in [3.63, 3.8) is 0 Å². The van der Waals surface area contributed by atoms with Gasteiger partial charge in [0.05, 0.1) is 12.0 Å². The fraction of sp³-hybridized carbons (Fsp3) is 0.412. The maximum Gasteiger partial charge on any atom is 0.328 e. The second kappa shape index (κ2) is 8.57. The summed E-state index contributed by atoms with van der Waals surface area (Å²) in [5.41, 5.74) is 0.239. The number of methoxy groups -OCH3 is 1. The van der Waals surface area contributed by atoms with E-state index >= 15 is 0 Å². The van der Waals surface area contributed by atoms with Gasteiger partial charge in [-0.15, -0.1) is 11.3 Å². The summed E-state index contributed by atoms with van der Waals surface area (Å²) in [5.74, 6) is -0.768. The maximum atomic E-state index is 12.3. The number of rotatable bonds is 7. The molecule has 1 N–H and O–H groups in total. The predicted octanol–water partition coefficient (Wildman–Crippen LogP) is 1.68. The van der Waals surface area contributed by atoms with E-state index in [1.807, 2.05) is 31.4 Å². The van der Waals surface area contributed by atoms with E-state index in [9.17, 15) is 14.4 Å². The number of carbonyl (C=O) groups is 2. The standard InChI is InChI=1S/C17H21N3O4S/c1-11(2)9-13(17(23)24-3)18-15(21)10-20-16(22)7-6-12(19-20)14-5-4-8-25-14/h4-8,11,13H,9-10H2,1-3H3,(H,18,21). The van der Waals surface area contributed by atoms with Crippen LogP contribution in [0.1, 0.15) is 20.3 Å². The van der Waals surface area contributed by atoms with Gasteiger partial charge in [-0.3, -0.25) is 9.59 Å². The Balaban J connectivity index is 2.12. The lowest BCUT2D eigenvalue weighted by molar-refractivity contribution is -0.145. The van der Waals surface area contributed by atoms with E-state index in [0.29, 0.717) is 12.1 Å². The Labute approximate surface area is 149 Å². The van der Waals surface area contributed by atoms with Crippen molar-refractivity contribution in [3.05, 3.63) is 40.0 Å². The molecule has 2 heterocycles. The van der Waals surface area contributed by atoms with Gasteiger partial charge < -0.3 is 10.1 Å². The van der Waals surface area contributed by atoms with Gasteiger partial charge in [-0.25, -0.2) is 9.48 Å². The average Bonchev–Trinajstić information content (AvgIpc) is 3.09. The molecule has 8 heteroatoms. The van der Waals surface area contributed by atoms with Crippen LogP contribution in [0.3, 0.4) is 0 Å². The highest BCUT2D eigenvalue weighted by Gasteiger charge is 2.23. The molecule has 1 atom stereocenters. The first-order chi connectivity index (χ1) is 11.9. The van der Waals surface area contributed by atoms with Crippen LogP contribution in [0.2, 0.25) is 0 Å². The van der Waals surface area contributed by atoms with Crippen LogP contribution in [-0.2, 0) is 20.9 Å². The third-order valence-corrected chi connectivity index (χ3v) is 4.35. The summed E-state index contributed by atoms with van der Waals surface area (Å²) in [4.78, 5) is 36.9. The minimum Gasteiger partial charge on any atom is -0.467 e. The number of aromatic nitrogens is 2. The number of nitrogens with one attached hydrogen (secondary N) is 1. The molecule has 1 unspecified atom stereocenters. The summed E-state index contributed by atoms with van der Waals surface area (Å²) in [6.45, 7) is 3.63. The summed E-state index contributed by atoms with van der Waals surface area (Å²) >= 11 is 1.49. The second-order valence-electron chi connectivity index (χ2n) is 5.96. The molecule has 0 aliphatic carbocycles. The Morgan fingerprint density at radius 2 is 2.08 bits per heavy atom. The summed E-state index contributed by atoms with van der Waals surface area (Å²) in [7, 11) is 1.28. The summed E-state index contributed by atoms with van der Waals surface area (Å²) < 4.78 is 5.81. The number of esters is 1. The van der Waals surface area contributed by atoms with Crippen LogP contribution in [0, 0.1) is 5.92 Å². The fourth-order valence-electron chi connectivity index (χ4n) is 2.32. The normalized spacial score (nSPS) is 12.0. The highest BCUT2D eigenvalue weighted by molar-refractivity contribution is 7.13. The van der Waals surface area contributed by atoms with E-state index in [-0.39, 0.29) is 18.0 Å². The van der Waals surface area contributed by atoms with E-state index in [2.05, 4.69) is 10.4 Å². The molecule has 134 valence electrons. The van der Waals surface area contributed by atoms with E-state index in [1.54, 1.807) is 6.07 Å². The minimum atomic E-state index is -0.742.